The summed E-state index contributed by atoms with van der Waals surface area (Å²) in [5.41, 5.74) is -2.93. The average Bonchev–Trinajstić information content (AvgIpc) is 3.13. The lowest BCUT2D eigenvalue weighted by atomic mass is 9.94. The first-order valence-electron chi connectivity index (χ1n) is 16.3. The van der Waals surface area contributed by atoms with Gasteiger partial charge in [0, 0.05) is 61.8 Å². The van der Waals surface area contributed by atoms with Crippen molar-refractivity contribution in [2.75, 3.05) is 49.6 Å². The molecule has 0 saturated carbocycles. The van der Waals surface area contributed by atoms with E-state index in [4.69, 9.17) is 9.47 Å². The highest BCUT2D eigenvalue weighted by atomic mass is 19.4. The summed E-state index contributed by atoms with van der Waals surface area (Å²) in [6.45, 7) is 2.15. The number of halogens is 6. The Kier molecular flexibility index (Phi) is 11.4. The van der Waals surface area contributed by atoms with Gasteiger partial charge >= 0.3 is 24.4 Å². The van der Waals surface area contributed by atoms with E-state index in [-0.39, 0.29) is 72.5 Å². The van der Waals surface area contributed by atoms with E-state index in [9.17, 15) is 51.2 Å². The van der Waals surface area contributed by atoms with Crippen molar-refractivity contribution in [3.8, 4) is 17.2 Å². The van der Waals surface area contributed by atoms with Gasteiger partial charge in [-0.1, -0.05) is 24.3 Å². The molecule has 286 valence electrons. The third-order valence-electron chi connectivity index (χ3n) is 8.59. The summed E-state index contributed by atoms with van der Waals surface area (Å²) in [5.74, 6) is -2.12. The zero-order valence-corrected chi connectivity index (χ0v) is 28.6. The van der Waals surface area contributed by atoms with Gasteiger partial charge in [0.25, 0.3) is 5.69 Å². The number of methoxy groups -OCH3 is 1. The van der Waals surface area contributed by atoms with E-state index in [1.807, 2.05) is 0 Å². The van der Waals surface area contributed by atoms with Gasteiger partial charge in [-0.15, -0.1) is 0 Å². The number of carboxylic acids is 1. The van der Waals surface area contributed by atoms with Crippen LogP contribution in [0.4, 0.5) is 48.2 Å². The van der Waals surface area contributed by atoms with Gasteiger partial charge in [0.05, 0.1) is 29.2 Å². The number of aromatic carboxylic acids is 1. The number of benzene rings is 4. The molecular weight excluding hydrogens is 728 g/mol. The molecule has 5 rings (SSSR count). The minimum Gasteiger partial charge on any atom is -0.493 e. The highest BCUT2D eigenvalue weighted by Crippen LogP contribution is 2.44. The van der Waals surface area contributed by atoms with Crippen molar-refractivity contribution in [1.29, 1.82) is 0 Å². The Morgan fingerprint density at radius 3 is 2.19 bits per heavy atom. The summed E-state index contributed by atoms with van der Waals surface area (Å²) >= 11 is 0. The monoisotopic (exact) mass is 761 g/mol. The molecule has 0 bridgehead atoms. The number of nitrogens with zero attached hydrogens (tertiary/aromatic N) is 3. The molecule has 1 atom stereocenters. The van der Waals surface area contributed by atoms with E-state index in [1.165, 1.54) is 54.5 Å². The summed E-state index contributed by atoms with van der Waals surface area (Å²) in [7, 11) is 1.26. The van der Waals surface area contributed by atoms with Crippen molar-refractivity contribution in [3.05, 3.63) is 117 Å². The Hall–Kier alpha value is -6.20. The second-order valence-corrected chi connectivity index (χ2v) is 12.0. The summed E-state index contributed by atoms with van der Waals surface area (Å²) in [5, 5.41) is 26.3. The number of urea groups is 1. The van der Waals surface area contributed by atoms with E-state index in [1.54, 1.807) is 11.8 Å². The third-order valence-corrected chi connectivity index (χ3v) is 8.59. The van der Waals surface area contributed by atoms with Crippen LogP contribution >= 0.6 is 0 Å². The molecular formula is C36H33F6N5O7. The number of hydrogen-bond acceptors (Lipinski definition) is 8. The first-order valence-corrected chi connectivity index (χ1v) is 16.3. The van der Waals surface area contributed by atoms with E-state index in [0.29, 0.717) is 0 Å². The van der Waals surface area contributed by atoms with E-state index < -0.39 is 57.7 Å². The fraction of sp³-hybridized carbons (Fsp3) is 0.278. The van der Waals surface area contributed by atoms with Crippen LogP contribution in [-0.4, -0.2) is 61.9 Å². The Morgan fingerprint density at radius 1 is 0.889 bits per heavy atom. The van der Waals surface area contributed by atoms with Gasteiger partial charge in [-0.3, -0.25) is 10.1 Å². The highest BCUT2D eigenvalue weighted by molar-refractivity contribution is 5.92. The number of ether oxygens (including phenoxy) is 2. The molecule has 4 aromatic carbocycles. The van der Waals surface area contributed by atoms with Gasteiger partial charge in [0.2, 0.25) is 0 Å². The molecule has 1 aliphatic heterocycles. The van der Waals surface area contributed by atoms with E-state index in [0.717, 1.165) is 36.4 Å². The minimum absolute atomic E-state index is 0.00352. The Balaban J connectivity index is 1.54. The predicted octanol–water partition coefficient (Wildman–Crippen LogP) is 7.87. The number of nitrogens with one attached hydrogen (secondary N) is 2. The fourth-order valence-electron chi connectivity index (χ4n) is 6.03. The number of piperazine rings is 1. The number of anilines is 2. The summed E-state index contributed by atoms with van der Waals surface area (Å²) in [6, 6.07) is 13.2. The van der Waals surface area contributed by atoms with Crippen LogP contribution in [0.15, 0.2) is 78.9 Å². The Morgan fingerprint density at radius 2 is 1.57 bits per heavy atom. The minimum atomic E-state index is -4.90. The number of nitro groups is 1. The van der Waals surface area contributed by atoms with Crippen molar-refractivity contribution in [2.45, 2.75) is 25.3 Å². The number of alkyl halides is 6. The van der Waals surface area contributed by atoms with Crippen LogP contribution in [0.1, 0.15) is 45.6 Å². The summed E-state index contributed by atoms with van der Waals surface area (Å²) in [6.07, 6.45) is -9.46. The molecule has 12 nitrogen and oxygen atoms in total. The van der Waals surface area contributed by atoms with Gasteiger partial charge in [-0.25, -0.2) is 9.59 Å². The molecule has 0 aliphatic carbocycles. The predicted molar refractivity (Wildman–Crippen MR) is 184 cm³/mol. The average molecular weight is 762 g/mol. The number of amides is 2. The lowest BCUT2D eigenvalue weighted by molar-refractivity contribution is -0.384. The Labute approximate surface area is 304 Å². The smallest absolute Gasteiger partial charge is 0.418 e. The second-order valence-electron chi connectivity index (χ2n) is 12.0. The molecule has 0 spiro atoms. The SMILES string of the molecule is CCNC(=O)NC(c1ccc(N2CCN(c3cccc(C(F)(F)F)c3)CC2)c(C(F)(F)F)c1)c1cccc(OC)c1Oc1ccc([N+](=O)[O-])cc1C(=O)O. The van der Waals surface area contributed by atoms with Gasteiger partial charge in [0.1, 0.15) is 11.3 Å². The topological polar surface area (TPSA) is 147 Å². The normalized spacial score (nSPS) is 13.9. The van der Waals surface area contributed by atoms with Gasteiger partial charge in [-0.2, -0.15) is 26.3 Å². The van der Waals surface area contributed by atoms with Crippen LogP contribution in [-0.2, 0) is 12.4 Å². The molecule has 54 heavy (non-hydrogen) atoms. The number of carbonyl (C=O) groups excluding carboxylic acids is 1. The quantitative estimate of drug-likeness (QED) is 0.0790. The van der Waals surface area contributed by atoms with Crippen LogP contribution < -0.4 is 29.9 Å². The van der Waals surface area contributed by atoms with Crippen LogP contribution in [0.25, 0.3) is 0 Å². The van der Waals surface area contributed by atoms with Gasteiger partial charge in [0.15, 0.2) is 11.5 Å². The second kappa shape index (κ2) is 15.8. The number of para-hydroxylation sites is 1. The first kappa shape index (κ1) is 39.0. The summed E-state index contributed by atoms with van der Waals surface area (Å²) < 4.78 is 95.9. The molecule has 18 heteroatoms. The van der Waals surface area contributed by atoms with E-state index >= 15 is 0 Å². The summed E-state index contributed by atoms with van der Waals surface area (Å²) in [4.78, 5) is 38.7. The maximum atomic E-state index is 14.8. The number of carbonyl (C=O) groups is 2. The standard InChI is InChI=1S/C36H33F6N5O7/c1-3-43-34(50)44-31(25-8-5-9-30(53-2)32(25)54-29-13-11-24(47(51)52)20-26(29)33(48)49)21-10-12-28(27(18-21)36(40,41)42)46-16-14-45(15-17-46)23-7-4-6-22(19-23)35(37,38)39/h4-13,18-20,31H,3,14-17H2,1-2H3,(H,48,49)(H2,43,44,50). The third kappa shape index (κ3) is 8.70. The lowest BCUT2D eigenvalue weighted by Gasteiger charge is -2.38. The molecule has 2 amide bonds. The maximum Gasteiger partial charge on any atom is 0.418 e. The highest BCUT2D eigenvalue weighted by Gasteiger charge is 2.38. The number of non-ortho nitro benzene ring substituents is 1. The molecule has 1 fully saturated rings. The molecule has 1 saturated heterocycles. The molecule has 1 aliphatic rings. The molecule has 4 aromatic rings. The van der Waals surface area contributed by atoms with Crippen LogP contribution in [0.2, 0.25) is 0 Å². The van der Waals surface area contributed by atoms with Gasteiger partial charge in [-0.05, 0) is 55.0 Å². The Bertz CT molecular complexity index is 2030. The zero-order chi connectivity index (χ0) is 39.4. The van der Waals surface area contributed by atoms with Crippen molar-refractivity contribution >= 4 is 29.1 Å². The van der Waals surface area contributed by atoms with Crippen molar-refractivity contribution < 1.29 is 55.4 Å². The van der Waals surface area contributed by atoms with Crippen molar-refractivity contribution in [1.82, 2.24) is 10.6 Å². The van der Waals surface area contributed by atoms with Crippen molar-refractivity contribution in [2.24, 2.45) is 0 Å². The lowest BCUT2D eigenvalue weighted by Crippen LogP contribution is -2.47. The molecule has 3 N–H and O–H groups in total. The van der Waals surface area contributed by atoms with Crippen LogP contribution in [0.5, 0.6) is 17.2 Å². The van der Waals surface area contributed by atoms with Crippen LogP contribution in [0, 0.1) is 10.1 Å². The fourth-order valence-corrected chi connectivity index (χ4v) is 6.03. The zero-order valence-electron chi connectivity index (χ0n) is 28.6. The molecule has 0 aromatic heterocycles. The largest absolute Gasteiger partial charge is 0.493 e. The number of hydrogen-bond donors (Lipinski definition) is 3. The van der Waals surface area contributed by atoms with Crippen LogP contribution in [0.3, 0.4) is 0 Å². The number of rotatable bonds is 11. The van der Waals surface area contributed by atoms with Gasteiger partial charge < -0.3 is 35.0 Å². The number of nitro benzene ring substituents is 1. The van der Waals surface area contributed by atoms with E-state index in [2.05, 4.69) is 10.6 Å². The first-order chi connectivity index (χ1) is 25.5. The molecule has 0 radical (unpaired) electrons. The maximum absolute atomic E-state index is 14.8. The molecule has 1 unspecified atom stereocenters. The van der Waals surface area contributed by atoms with Crippen molar-refractivity contribution in [3.63, 3.8) is 0 Å². The number of carboxylic acid groups (broad SMARTS) is 1. The molecule has 1 heterocycles.